The van der Waals surface area contributed by atoms with Crippen LogP contribution in [0.15, 0.2) is 58.6 Å². The lowest BCUT2D eigenvalue weighted by Crippen LogP contribution is -2.33. The Bertz CT molecular complexity index is 952. The Morgan fingerprint density at radius 1 is 1.21 bits per heavy atom. The molecule has 3 atom stereocenters. The van der Waals surface area contributed by atoms with Crippen molar-refractivity contribution in [3.63, 3.8) is 0 Å². The van der Waals surface area contributed by atoms with E-state index in [1.165, 1.54) is 11.1 Å². The summed E-state index contributed by atoms with van der Waals surface area (Å²) in [7, 11) is 0. The van der Waals surface area contributed by atoms with E-state index in [-0.39, 0.29) is 17.6 Å². The molecule has 1 aliphatic heterocycles. The van der Waals surface area contributed by atoms with E-state index < -0.39 is 0 Å². The van der Waals surface area contributed by atoms with E-state index in [0.29, 0.717) is 34.0 Å². The molecule has 2 aliphatic rings. The van der Waals surface area contributed by atoms with Gasteiger partial charge in [0.05, 0.1) is 5.56 Å². The number of nitrogens with one attached hydrogen (secondary N) is 1. The fourth-order valence-corrected chi connectivity index (χ4v) is 4.56. The molecule has 0 bridgehead atoms. The summed E-state index contributed by atoms with van der Waals surface area (Å²) < 4.78 is 12.2. The van der Waals surface area contributed by atoms with Crippen LogP contribution in [0.4, 0.5) is 0 Å². The van der Waals surface area contributed by atoms with Gasteiger partial charge in [0.2, 0.25) is 6.29 Å². The smallest absolute Gasteiger partial charge is 0.252 e. The van der Waals surface area contributed by atoms with Crippen LogP contribution in [0.5, 0.6) is 11.5 Å². The van der Waals surface area contributed by atoms with Gasteiger partial charge < -0.3 is 14.8 Å². The average molecular weight is 456 g/mol. The van der Waals surface area contributed by atoms with Gasteiger partial charge in [-0.3, -0.25) is 4.79 Å². The van der Waals surface area contributed by atoms with Crippen molar-refractivity contribution in [3.8, 4) is 11.5 Å². The highest BCUT2D eigenvalue weighted by atomic mass is 79.9. The number of benzene rings is 2. The van der Waals surface area contributed by atoms with Crippen molar-refractivity contribution >= 4 is 21.8 Å². The molecule has 1 heterocycles. The minimum Gasteiger partial charge on any atom is -0.451 e. The number of ether oxygens (including phenoxy) is 2. The van der Waals surface area contributed by atoms with Gasteiger partial charge in [-0.25, -0.2) is 0 Å². The zero-order valence-corrected chi connectivity index (χ0v) is 18.6. The molecule has 2 aromatic carbocycles. The highest BCUT2D eigenvalue weighted by Crippen LogP contribution is 2.55. The summed E-state index contributed by atoms with van der Waals surface area (Å²) in [6.07, 6.45) is 3.83. The van der Waals surface area contributed by atoms with Gasteiger partial charge in [-0.2, -0.15) is 0 Å². The molecular weight excluding hydrogens is 430 g/mol. The molecule has 0 spiro atoms. The third-order valence-corrected chi connectivity index (χ3v) is 6.37. The Labute approximate surface area is 180 Å². The van der Waals surface area contributed by atoms with Crippen molar-refractivity contribution in [1.29, 1.82) is 0 Å². The molecule has 4 rings (SSSR count). The number of hydrogen-bond acceptors (Lipinski definition) is 3. The number of carbonyl (C=O) groups is 1. The maximum absolute atomic E-state index is 13.0. The monoisotopic (exact) mass is 455 g/mol. The molecule has 5 heteroatoms. The Morgan fingerprint density at radius 3 is 2.55 bits per heavy atom. The Morgan fingerprint density at radius 2 is 1.90 bits per heavy atom. The lowest BCUT2D eigenvalue weighted by molar-refractivity contribution is 0.0464. The van der Waals surface area contributed by atoms with Crippen LogP contribution in [0.1, 0.15) is 49.5 Å². The van der Waals surface area contributed by atoms with E-state index in [9.17, 15) is 4.79 Å². The van der Waals surface area contributed by atoms with E-state index in [1.807, 2.05) is 19.1 Å². The van der Waals surface area contributed by atoms with Crippen molar-refractivity contribution in [3.05, 3.63) is 69.7 Å². The second-order valence-corrected chi connectivity index (χ2v) is 8.97. The Balaban J connectivity index is 1.52. The second-order valence-electron chi connectivity index (χ2n) is 8.11. The first kappa shape index (κ1) is 20.0. The van der Waals surface area contributed by atoms with Crippen LogP contribution in [0.25, 0.3) is 0 Å². The predicted octanol–water partition coefficient (Wildman–Crippen LogP) is 5.61. The van der Waals surface area contributed by atoms with E-state index in [4.69, 9.17) is 9.47 Å². The molecule has 152 valence electrons. The van der Waals surface area contributed by atoms with Gasteiger partial charge in [0.1, 0.15) is 0 Å². The summed E-state index contributed by atoms with van der Waals surface area (Å²) in [5.74, 6) is 1.63. The molecule has 0 radical (unpaired) electrons. The molecule has 1 fully saturated rings. The lowest BCUT2D eigenvalue weighted by Gasteiger charge is -2.19. The Hall–Kier alpha value is -2.27. The van der Waals surface area contributed by atoms with Crippen LogP contribution >= 0.6 is 15.9 Å². The highest BCUT2D eigenvalue weighted by Gasteiger charge is 2.53. The standard InChI is InChI=1S/C24H26BrNO3/c1-4-22-28-20-11-18(19(25)12-21(20)29-22)23(27)26-14-24(13-17(24)10-15(2)3)16-8-6-5-7-9-16/h5-12,17,22H,4,13-14H2,1-3H3,(H,26,27). The molecule has 2 aromatic rings. The van der Waals surface area contributed by atoms with Crippen LogP contribution < -0.4 is 14.8 Å². The zero-order chi connectivity index (χ0) is 20.6. The van der Waals surface area contributed by atoms with Gasteiger partial charge in [-0.05, 0) is 59.8 Å². The van der Waals surface area contributed by atoms with Gasteiger partial charge in [0.15, 0.2) is 11.5 Å². The topological polar surface area (TPSA) is 47.6 Å². The first-order valence-corrected chi connectivity index (χ1v) is 10.9. The van der Waals surface area contributed by atoms with Crippen molar-refractivity contribution in [2.24, 2.45) is 5.92 Å². The van der Waals surface area contributed by atoms with E-state index >= 15 is 0 Å². The predicted molar refractivity (Wildman–Crippen MR) is 117 cm³/mol. The molecule has 1 saturated carbocycles. The van der Waals surface area contributed by atoms with Crippen LogP contribution in [-0.4, -0.2) is 18.7 Å². The fraction of sp³-hybridized carbons (Fsp3) is 0.375. The third-order valence-electron chi connectivity index (χ3n) is 5.71. The molecular formula is C24H26BrNO3. The van der Waals surface area contributed by atoms with Gasteiger partial charge in [0.25, 0.3) is 5.91 Å². The van der Waals surface area contributed by atoms with E-state index in [2.05, 4.69) is 65.4 Å². The van der Waals surface area contributed by atoms with Gasteiger partial charge in [-0.15, -0.1) is 0 Å². The largest absolute Gasteiger partial charge is 0.451 e. The maximum Gasteiger partial charge on any atom is 0.252 e. The van der Waals surface area contributed by atoms with Gasteiger partial charge in [0, 0.05) is 22.9 Å². The van der Waals surface area contributed by atoms with Crippen molar-refractivity contribution in [2.45, 2.75) is 45.3 Å². The summed E-state index contributed by atoms with van der Waals surface area (Å²) in [5, 5.41) is 3.17. The molecule has 1 aliphatic carbocycles. The number of rotatable bonds is 6. The summed E-state index contributed by atoms with van der Waals surface area (Å²) in [6.45, 7) is 6.85. The minimum atomic E-state index is -0.284. The van der Waals surface area contributed by atoms with Gasteiger partial charge >= 0.3 is 0 Å². The van der Waals surface area contributed by atoms with Crippen LogP contribution in [0.3, 0.4) is 0 Å². The molecule has 29 heavy (non-hydrogen) atoms. The van der Waals surface area contributed by atoms with Gasteiger partial charge in [-0.1, -0.05) is 48.9 Å². The Kier molecular flexibility index (Phi) is 5.43. The number of fused-ring (bicyclic) bond motifs is 1. The number of allylic oxidation sites excluding steroid dienone is 2. The average Bonchev–Trinajstić information content (AvgIpc) is 3.24. The fourth-order valence-electron chi connectivity index (χ4n) is 4.06. The molecule has 1 amide bonds. The summed E-state index contributed by atoms with van der Waals surface area (Å²) in [4.78, 5) is 13.0. The number of carbonyl (C=O) groups excluding carboxylic acids is 1. The van der Waals surface area contributed by atoms with Crippen molar-refractivity contribution in [2.75, 3.05) is 6.54 Å². The highest BCUT2D eigenvalue weighted by molar-refractivity contribution is 9.10. The third kappa shape index (κ3) is 3.93. The van der Waals surface area contributed by atoms with Crippen LogP contribution in [-0.2, 0) is 5.41 Å². The molecule has 1 N–H and O–H groups in total. The maximum atomic E-state index is 13.0. The normalized spacial score (nSPS) is 24.1. The lowest BCUT2D eigenvalue weighted by atomic mass is 9.92. The molecule has 4 nitrogen and oxygen atoms in total. The summed E-state index contributed by atoms with van der Waals surface area (Å²) in [5.41, 5.74) is 3.11. The van der Waals surface area contributed by atoms with E-state index in [1.54, 1.807) is 6.07 Å². The van der Waals surface area contributed by atoms with Crippen molar-refractivity contribution in [1.82, 2.24) is 5.32 Å². The second kappa shape index (κ2) is 7.86. The number of halogens is 1. The molecule has 0 aromatic heterocycles. The van der Waals surface area contributed by atoms with E-state index in [0.717, 1.165) is 12.8 Å². The first-order valence-electron chi connectivity index (χ1n) is 10.1. The number of amides is 1. The quantitative estimate of drug-likeness (QED) is 0.575. The van der Waals surface area contributed by atoms with Crippen LogP contribution in [0, 0.1) is 5.92 Å². The number of hydrogen-bond donors (Lipinski definition) is 1. The zero-order valence-electron chi connectivity index (χ0n) is 17.0. The van der Waals surface area contributed by atoms with Crippen molar-refractivity contribution < 1.29 is 14.3 Å². The summed E-state index contributed by atoms with van der Waals surface area (Å²) in [6, 6.07) is 14.1. The SMILES string of the molecule is CCC1Oc2cc(Br)c(C(=O)NCC3(c4ccccc4)CC3C=C(C)C)cc2O1. The molecule has 0 saturated heterocycles. The minimum absolute atomic E-state index is 0.0374. The van der Waals surface area contributed by atoms with Crippen LogP contribution in [0.2, 0.25) is 0 Å². The first-order chi connectivity index (χ1) is 13.9. The summed E-state index contributed by atoms with van der Waals surface area (Å²) >= 11 is 3.51. The molecule has 3 unspecified atom stereocenters.